The van der Waals surface area contributed by atoms with Gasteiger partial charge in [-0.1, -0.05) is 36.4 Å². The summed E-state index contributed by atoms with van der Waals surface area (Å²) in [4.78, 5) is 27.6. The van der Waals surface area contributed by atoms with Crippen LogP contribution in [-0.2, 0) is 23.4 Å². The van der Waals surface area contributed by atoms with Crippen molar-refractivity contribution >= 4 is 34.3 Å². The largest absolute Gasteiger partial charge is 0.325 e. The van der Waals surface area contributed by atoms with E-state index < -0.39 is 0 Å². The molecule has 0 saturated heterocycles. The molecule has 0 spiro atoms. The van der Waals surface area contributed by atoms with Gasteiger partial charge in [0.2, 0.25) is 5.91 Å². The maximum absolute atomic E-state index is 12.3. The van der Waals surface area contributed by atoms with E-state index >= 15 is 0 Å². The standard InChI is InChI=1S/C22H22N2O2S/c25-21(14-27-13-15-6-2-1-3-7-15)23-16-10-11-18-17-8-4-5-9-19(17)22(26)24-20(18)12-16/h1-3,6-7,10-12H,4-5,8-9,13-14H2,(H,23,25)(H,24,26). The molecule has 138 valence electrons. The number of H-pyrrole nitrogens is 1. The highest BCUT2D eigenvalue weighted by atomic mass is 32.2. The number of benzene rings is 2. The molecule has 1 heterocycles. The van der Waals surface area contributed by atoms with E-state index in [9.17, 15) is 9.59 Å². The number of carbonyl (C=O) groups is 1. The van der Waals surface area contributed by atoms with Crippen molar-refractivity contribution in [1.82, 2.24) is 4.98 Å². The molecule has 1 aromatic heterocycles. The number of aryl methyl sites for hydroxylation is 1. The molecular formula is C22H22N2O2S. The van der Waals surface area contributed by atoms with E-state index in [0.717, 1.165) is 53.6 Å². The summed E-state index contributed by atoms with van der Waals surface area (Å²) in [7, 11) is 0. The Morgan fingerprint density at radius 1 is 1.04 bits per heavy atom. The number of fused-ring (bicyclic) bond motifs is 3. The second-order valence-corrected chi connectivity index (χ2v) is 7.89. The molecule has 1 aliphatic rings. The molecule has 4 nitrogen and oxygen atoms in total. The van der Waals surface area contributed by atoms with Crippen LogP contribution in [0.2, 0.25) is 0 Å². The molecular weight excluding hydrogens is 356 g/mol. The summed E-state index contributed by atoms with van der Waals surface area (Å²) in [6, 6.07) is 15.9. The van der Waals surface area contributed by atoms with E-state index in [0.29, 0.717) is 5.75 Å². The number of amides is 1. The van der Waals surface area contributed by atoms with Gasteiger partial charge in [-0.25, -0.2) is 0 Å². The minimum atomic E-state index is -0.0319. The minimum absolute atomic E-state index is 0.0130. The summed E-state index contributed by atoms with van der Waals surface area (Å²) in [6.07, 6.45) is 4.02. The van der Waals surface area contributed by atoms with Gasteiger partial charge in [-0.3, -0.25) is 9.59 Å². The normalized spacial score (nSPS) is 13.3. The van der Waals surface area contributed by atoms with Crippen LogP contribution in [0, 0.1) is 0 Å². The molecule has 27 heavy (non-hydrogen) atoms. The third kappa shape index (κ3) is 4.08. The second-order valence-electron chi connectivity index (χ2n) is 6.91. The molecule has 0 bridgehead atoms. The molecule has 0 aliphatic heterocycles. The second kappa shape index (κ2) is 8.01. The van der Waals surface area contributed by atoms with Crippen LogP contribution in [0.1, 0.15) is 29.5 Å². The van der Waals surface area contributed by atoms with E-state index in [1.54, 1.807) is 11.8 Å². The zero-order valence-corrected chi connectivity index (χ0v) is 15.9. The number of pyridine rings is 1. The molecule has 1 amide bonds. The predicted octanol–water partition coefficient (Wildman–Crippen LogP) is 4.28. The number of aromatic amines is 1. The summed E-state index contributed by atoms with van der Waals surface area (Å²) in [5.74, 6) is 1.18. The third-order valence-corrected chi connectivity index (χ3v) is 5.97. The topological polar surface area (TPSA) is 62.0 Å². The molecule has 0 radical (unpaired) electrons. The first-order valence-corrected chi connectivity index (χ1v) is 10.5. The van der Waals surface area contributed by atoms with Crippen molar-refractivity contribution in [2.75, 3.05) is 11.1 Å². The number of anilines is 1. The number of thioether (sulfide) groups is 1. The molecule has 0 fully saturated rings. The van der Waals surface area contributed by atoms with Gasteiger partial charge in [0.05, 0.1) is 11.3 Å². The smallest absolute Gasteiger partial charge is 0.251 e. The lowest BCUT2D eigenvalue weighted by Crippen LogP contribution is -2.19. The van der Waals surface area contributed by atoms with Gasteiger partial charge in [0, 0.05) is 22.4 Å². The number of rotatable bonds is 5. The third-order valence-electron chi connectivity index (χ3n) is 4.96. The van der Waals surface area contributed by atoms with Crippen molar-refractivity contribution < 1.29 is 4.79 Å². The van der Waals surface area contributed by atoms with Crippen molar-refractivity contribution in [2.45, 2.75) is 31.4 Å². The Labute approximate surface area is 162 Å². The summed E-state index contributed by atoms with van der Waals surface area (Å²) < 4.78 is 0. The molecule has 2 N–H and O–H groups in total. The summed E-state index contributed by atoms with van der Waals surface area (Å²) in [5, 5.41) is 4.04. The zero-order chi connectivity index (χ0) is 18.6. The van der Waals surface area contributed by atoms with Crippen molar-refractivity contribution in [2.24, 2.45) is 0 Å². The van der Waals surface area contributed by atoms with Gasteiger partial charge in [-0.2, -0.15) is 0 Å². The molecule has 0 saturated carbocycles. The Bertz CT molecular complexity index is 1030. The van der Waals surface area contributed by atoms with Crippen LogP contribution in [0.25, 0.3) is 10.9 Å². The Kier molecular flexibility index (Phi) is 5.30. The average Bonchev–Trinajstić information content (AvgIpc) is 2.69. The van der Waals surface area contributed by atoms with E-state index in [1.807, 2.05) is 36.4 Å². The maximum Gasteiger partial charge on any atom is 0.251 e. The van der Waals surface area contributed by atoms with Gasteiger partial charge < -0.3 is 10.3 Å². The lowest BCUT2D eigenvalue weighted by atomic mass is 9.90. The fourth-order valence-electron chi connectivity index (χ4n) is 3.67. The van der Waals surface area contributed by atoms with Crippen molar-refractivity contribution in [1.29, 1.82) is 0 Å². The first-order valence-electron chi connectivity index (χ1n) is 9.30. The number of hydrogen-bond donors (Lipinski definition) is 2. The van der Waals surface area contributed by atoms with E-state index in [1.165, 1.54) is 11.1 Å². The van der Waals surface area contributed by atoms with Crippen LogP contribution in [-0.4, -0.2) is 16.6 Å². The number of hydrogen-bond acceptors (Lipinski definition) is 3. The molecule has 0 unspecified atom stereocenters. The lowest BCUT2D eigenvalue weighted by Gasteiger charge is -2.17. The minimum Gasteiger partial charge on any atom is -0.325 e. The first-order chi connectivity index (χ1) is 13.2. The average molecular weight is 378 g/mol. The van der Waals surface area contributed by atoms with Gasteiger partial charge in [-0.05, 0) is 48.9 Å². The van der Waals surface area contributed by atoms with Gasteiger partial charge in [0.15, 0.2) is 0 Å². The summed E-state index contributed by atoms with van der Waals surface area (Å²) in [6.45, 7) is 0. The quantitative estimate of drug-likeness (QED) is 0.697. The van der Waals surface area contributed by atoms with Crippen LogP contribution in [0.5, 0.6) is 0 Å². The molecule has 2 aromatic carbocycles. The highest BCUT2D eigenvalue weighted by Crippen LogP contribution is 2.27. The van der Waals surface area contributed by atoms with Gasteiger partial charge in [-0.15, -0.1) is 11.8 Å². The molecule has 5 heteroatoms. The van der Waals surface area contributed by atoms with Gasteiger partial charge >= 0.3 is 0 Å². The van der Waals surface area contributed by atoms with E-state index in [-0.39, 0.29) is 11.5 Å². The molecule has 4 rings (SSSR count). The number of aromatic nitrogens is 1. The summed E-state index contributed by atoms with van der Waals surface area (Å²) >= 11 is 1.59. The highest BCUT2D eigenvalue weighted by molar-refractivity contribution is 7.99. The number of carbonyl (C=O) groups excluding carboxylic acids is 1. The molecule has 3 aromatic rings. The fourth-order valence-corrected chi connectivity index (χ4v) is 4.46. The highest BCUT2D eigenvalue weighted by Gasteiger charge is 2.16. The Morgan fingerprint density at radius 3 is 2.63 bits per heavy atom. The monoisotopic (exact) mass is 378 g/mol. The zero-order valence-electron chi connectivity index (χ0n) is 15.1. The van der Waals surface area contributed by atoms with E-state index in [4.69, 9.17) is 0 Å². The van der Waals surface area contributed by atoms with E-state index in [2.05, 4.69) is 22.4 Å². The Hall–Kier alpha value is -2.53. The first kappa shape index (κ1) is 17.9. The van der Waals surface area contributed by atoms with Gasteiger partial charge in [0.1, 0.15) is 0 Å². The van der Waals surface area contributed by atoms with Crippen molar-refractivity contribution in [3.05, 3.63) is 75.6 Å². The summed E-state index contributed by atoms with van der Waals surface area (Å²) in [5.41, 5.74) is 4.86. The van der Waals surface area contributed by atoms with Crippen molar-refractivity contribution in [3.63, 3.8) is 0 Å². The van der Waals surface area contributed by atoms with Crippen LogP contribution in [0.4, 0.5) is 5.69 Å². The maximum atomic E-state index is 12.3. The van der Waals surface area contributed by atoms with Crippen LogP contribution >= 0.6 is 11.8 Å². The Balaban J connectivity index is 1.44. The molecule has 0 atom stereocenters. The van der Waals surface area contributed by atoms with Gasteiger partial charge in [0.25, 0.3) is 5.56 Å². The predicted molar refractivity (Wildman–Crippen MR) is 112 cm³/mol. The number of nitrogens with one attached hydrogen (secondary N) is 2. The lowest BCUT2D eigenvalue weighted by molar-refractivity contribution is -0.113. The SMILES string of the molecule is O=C(CSCc1ccccc1)Nc1ccc2c3c(c(=O)[nH]c2c1)CCCC3. The molecule has 1 aliphatic carbocycles. The van der Waals surface area contributed by atoms with Crippen LogP contribution in [0.3, 0.4) is 0 Å². The van der Waals surface area contributed by atoms with Crippen LogP contribution < -0.4 is 10.9 Å². The van der Waals surface area contributed by atoms with Crippen LogP contribution in [0.15, 0.2) is 53.3 Å². The fraction of sp³-hybridized carbons (Fsp3) is 0.273. The Morgan fingerprint density at radius 2 is 1.81 bits per heavy atom. The van der Waals surface area contributed by atoms with Crippen molar-refractivity contribution in [3.8, 4) is 0 Å².